The summed E-state index contributed by atoms with van der Waals surface area (Å²) in [5.74, 6) is 2.15. The predicted molar refractivity (Wildman–Crippen MR) is 222 cm³/mol. The smallest absolute Gasteiger partial charge is 0.233 e. The Morgan fingerprint density at radius 1 is 0.842 bits per heavy atom. The maximum atomic E-state index is 11.9. The number of nitrogens with one attached hydrogen (secondary N) is 3. The quantitative estimate of drug-likeness (QED) is 0.0949. The molecule has 0 aromatic carbocycles. The number of aryl methyl sites for hydroxylation is 4. The maximum Gasteiger partial charge on any atom is 0.233 e. The number of aliphatic hydroxyl groups is 2. The van der Waals surface area contributed by atoms with Gasteiger partial charge in [0.05, 0.1) is 58.3 Å². The fourth-order valence-corrected chi connectivity index (χ4v) is 8.86. The third-order valence-corrected chi connectivity index (χ3v) is 11.7. The number of hydrogen-bond acceptors (Lipinski definition) is 16. The van der Waals surface area contributed by atoms with Crippen molar-refractivity contribution in [1.29, 1.82) is 0 Å². The molecule has 1 aliphatic rings. The molecule has 3 atom stereocenters. The number of fused-ring (bicyclic) bond motifs is 2. The monoisotopic (exact) mass is 806 g/mol. The summed E-state index contributed by atoms with van der Waals surface area (Å²) in [5.41, 5.74) is 6.62. The first kappa shape index (κ1) is 36.7. The molecular weight excluding hydrogens is 765 g/mol. The second-order valence-electron chi connectivity index (χ2n) is 14.3. The van der Waals surface area contributed by atoms with Crippen LogP contribution in [0.4, 0.5) is 33.5 Å². The average molecular weight is 807 g/mol. The minimum Gasteiger partial charge on any atom is -0.396 e. The molecule has 1 saturated carbocycles. The molecule has 8 heterocycles. The minimum absolute atomic E-state index is 0.0424. The lowest BCUT2D eigenvalue weighted by molar-refractivity contribution is 0.103. The third-order valence-electron chi connectivity index (χ3n) is 10.0. The zero-order valence-corrected chi connectivity index (χ0v) is 33.4. The standard InChI is InChI=1S/C37H42N16O2S2/c1-21-14-30(56-47-21)44-36-42-26-8-11-52(25-18-40-50(4)20-25)33(26)35(45-36)41-23-6-7-29(55)28(16-23)53(31-15-22(2)48-57-31)37-43-27-9-12-51(24-17-39-49(3)19-24)32(27)34(46-37)38-10-5-13-54/h8-9,11-12,14-15,17-20,23,28-29,54-55H,5-7,10,13,16H2,1-4H3,(H,38,43,46)(H2,41,42,44,45)/t23-,28?,29-/m1/s1. The molecule has 5 N–H and O–H groups in total. The summed E-state index contributed by atoms with van der Waals surface area (Å²) in [7, 11) is 3.77. The summed E-state index contributed by atoms with van der Waals surface area (Å²) >= 11 is 2.71. The first-order chi connectivity index (χ1) is 27.7. The Hall–Kier alpha value is -5.96. The Labute approximate surface area is 335 Å². The van der Waals surface area contributed by atoms with E-state index in [1.807, 2.05) is 97.2 Å². The van der Waals surface area contributed by atoms with Crippen LogP contribution in [0.25, 0.3) is 33.4 Å². The van der Waals surface area contributed by atoms with Gasteiger partial charge in [-0.25, -0.2) is 9.97 Å². The van der Waals surface area contributed by atoms with Crippen molar-refractivity contribution in [3.05, 3.63) is 72.8 Å². The van der Waals surface area contributed by atoms with Crippen LogP contribution in [0, 0.1) is 13.8 Å². The van der Waals surface area contributed by atoms with Crippen molar-refractivity contribution in [1.82, 2.24) is 57.4 Å². The normalized spacial score (nSPS) is 17.1. The van der Waals surface area contributed by atoms with E-state index in [-0.39, 0.29) is 12.6 Å². The van der Waals surface area contributed by atoms with Gasteiger partial charge in [-0.05, 0) is 86.9 Å². The molecule has 0 spiro atoms. The fourth-order valence-electron chi connectivity index (χ4n) is 7.39. The summed E-state index contributed by atoms with van der Waals surface area (Å²) in [4.78, 5) is 22.2. The van der Waals surface area contributed by atoms with E-state index >= 15 is 0 Å². The molecule has 57 heavy (non-hydrogen) atoms. The molecule has 1 unspecified atom stereocenters. The van der Waals surface area contributed by atoms with Gasteiger partial charge in [-0.1, -0.05) is 0 Å². The molecule has 20 heteroatoms. The highest BCUT2D eigenvalue weighted by molar-refractivity contribution is 7.10. The molecule has 0 amide bonds. The zero-order chi connectivity index (χ0) is 39.2. The van der Waals surface area contributed by atoms with Gasteiger partial charge in [-0.2, -0.15) is 28.9 Å². The van der Waals surface area contributed by atoms with Crippen LogP contribution in [0.1, 0.15) is 37.1 Å². The Balaban J connectivity index is 1.10. The molecule has 294 valence electrons. The van der Waals surface area contributed by atoms with Gasteiger partial charge in [-0.15, -0.1) is 0 Å². The van der Waals surface area contributed by atoms with Gasteiger partial charge in [0.25, 0.3) is 0 Å². The van der Waals surface area contributed by atoms with Crippen LogP contribution in [0.3, 0.4) is 0 Å². The van der Waals surface area contributed by atoms with E-state index in [1.165, 1.54) is 23.1 Å². The molecule has 18 nitrogen and oxygen atoms in total. The van der Waals surface area contributed by atoms with Gasteiger partial charge in [0.15, 0.2) is 11.6 Å². The van der Waals surface area contributed by atoms with Crippen molar-refractivity contribution in [3.8, 4) is 11.4 Å². The van der Waals surface area contributed by atoms with Gasteiger partial charge in [0.1, 0.15) is 21.0 Å². The highest BCUT2D eigenvalue weighted by Gasteiger charge is 2.38. The molecule has 0 saturated heterocycles. The van der Waals surface area contributed by atoms with Gasteiger partial charge >= 0.3 is 0 Å². The molecule has 0 aliphatic heterocycles. The topological polar surface area (TPSA) is 203 Å². The molecule has 9 rings (SSSR count). The summed E-state index contributed by atoms with van der Waals surface area (Å²) < 4.78 is 16.6. The molecule has 8 aromatic rings. The Bertz CT molecular complexity index is 2670. The number of hydrogen-bond donors (Lipinski definition) is 5. The highest BCUT2D eigenvalue weighted by atomic mass is 32.1. The third kappa shape index (κ3) is 7.27. The van der Waals surface area contributed by atoms with Gasteiger partial charge in [-0.3, -0.25) is 14.3 Å². The lowest BCUT2D eigenvalue weighted by Gasteiger charge is -2.40. The van der Waals surface area contributed by atoms with Gasteiger partial charge in [0.2, 0.25) is 11.9 Å². The van der Waals surface area contributed by atoms with E-state index < -0.39 is 12.1 Å². The maximum absolute atomic E-state index is 11.9. The van der Waals surface area contributed by atoms with E-state index in [4.69, 9.17) is 19.9 Å². The van der Waals surface area contributed by atoms with E-state index in [9.17, 15) is 10.2 Å². The largest absolute Gasteiger partial charge is 0.396 e. The van der Waals surface area contributed by atoms with Crippen LogP contribution in [0.15, 0.2) is 61.4 Å². The van der Waals surface area contributed by atoms with Crippen molar-refractivity contribution >= 4 is 78.7 Å². The first-order valence-corrected chi connectivity index (χ1v) is 20.2. The van der Waals surface area contributed by atoms with Crippen LogP contribution < -0.4 is 20.9 Å². The summed E-state index contributed by atoms with van der Waals surface area (Å²) in [5, 5.41) is 42.5. The SMILES string of the molecule is Cc1cc(Nc2nc(N[C@@H]3CC[C@@H](O)C(N(c4nc(NCCCO)c5c(ccn5-c5cnn(C)c5)n4)c4cc(C)ns4)C3)c3c(ccn3-c3cnn(C)c3)n2)sn1. The predicted octanol–water partition coefficient (Wildman–Crippen LogP) is 5.22. The van der Waals surface area contributed by atoms with Crippen molar-refractivity contribution in [3.63, 3.8) is 0 Å². The van der Waals surface area contributed by atoms with Crippen LogP contribution in [-0.2, 0) is 14.1 Å². The van der Waals surface area contributed by atoms with Crippen LogP contribution in [0.2, 0.25) is 0 Å². The summed E-state index contributed by atoms with van der Waals surface area (Å²) in [6, 6.07) is 7.40. The molecule has 0 bridgehead atoms. The Morgan fingerprint density at radius 2 is 1.53 bits per heavy atom. The number of anilines is 6. The van der Waals surface area contributed by atoms with Crippen molar-refractivity contribution in [2.75, 3.05) is 34.0 Å². The number of nitrogens with zero attached hydrogens (tertiary/aromatic N) is 13. The zero-order valence-electron chi connectivity index (χ0n) is 31.8. The minimum atomic E-state index is -0.688. The fraction of sp³-hybridized carbons (Fsp3) is 0.351. The molecule has 0 radical (unpaired) electrons. The van der Waals surface area contributed by atoms with E-state index in [0.29, 0.717) is 55.8 Å². The summed E-state index contributed by atoms with van der Waals surface area (Å²) in [6.07, 6.45) is 13.0. The Kier molecular flexibility index (Phi) is 9.76. The molecule has 1 fully saturated rings. The summed E-state index contributed by atoms with van der Waals surface area (Å²) in [6.45, 7) is 4.46. The Morgan fingerprint density at radius 3 is 2.16 bits per heavy atom. The molecular formula is C37H42N16O2S2. The molecule has 8 aromatic heterocycles. The number of aliphatic hydroxyl groups excluding tert-OH is 2. The average Bonchev–Trinajstić information content (AvgIpc) is 4.05. The van der Waals surface area contributed by atoms with Crippen LogP contribution in [-0.4, -0.2) is 98.9 Å². The number of aromatic nitrogens is 12. The van der Waals surface area contributed by atoms with Crippen LogP contribution >= 0.6 is 23.1 Å². The van der Waals surface area contributed by atoms with Crippen molar-refractivity contribution in [2.45, 2.75) is 57.7 Å². The number of rotatable bonds is 13. The van der Waals surface area contributed by atoms with Crippen molar-refractivity contribution < 1.29 is 10.2 Å². The van der Waals surface area contributed by atoms with Crippen LogP contribution in [0.5, 0.6) is 0 Å². The van der Waals surface area contributed by atoms with E-state index in [1.54, 1.807) is 15.6 Å². The van der Waals surface area contributed by atoms with Gasteiger partial charge in [0, 0.05) is 58.1 Å². The first-order valence-electron chi connectivity index (χ1n) is 18.7. The second-order valence-corrected chi connectivity index (χ2v) is 15.9. The molecule has 1 aliphatic carbocycles. The highest BCUT2D eigenvalue weighted by Crippen LogP contribution is 2.39. The van der Waals surface area contributed by atoms with Crippen molar-refractivity contribution in [2.24, 2.45) is 14.1 Å². The van der Waals surface area contributed by atoms with E-state index in [0.717, 1.165) is 54.8 Å². The second kappa shape index (κ2) is 15.2. The lowest BCUT2D eigenvalue weighted by Crippen LogP contribution is -2.48. The van der Waals surface area contributed by atoms with E-state index in [2.05, 4.69) is 34.9 Å². The lowest BCUT2D eigenvalue weighted by atomic mass is 9.87. The van der Waals surface area contributed by atoms with Gasteiger partial charge < -0.3 is 35.3 Å².